The summed E-state index contributed by atoms with van der Waals surface area (Å²) in [7, 11) is 0. The average Bonchev–Trinajstić information content (AvgIpc) is 2.81. The van der Waals surface area contributed by atoms with Crippen LogP contribution < -0.4 is 4.74 Å². The fourth-order valence-electron chi connectivity index (χ4n) is 1.42. The molecule has 1 N–H and O–H groups in total. The highest BCUT2D eigenvalue weighted by Gasteiger charge is 2.18. The fourth-order valence-corrected chi connectivity index (χ4v) is 1.92. The minimum Gasteiger partial charge on any atom is -0.481 e. The van der Waals surface area contributed by atoms with Crippen LogP contribution in [0.25, 0.3) is 0 Å². The molecule has 1 aromatic heterocycles. The van der Waals surface area contributed by atoms with Gasteiger partial charge < -0.3 is 9.84 Å². The Bertz CT molecular complexity index is 556. The van der Waals surface area contributed by atoms with E-state index >= 15 is 0 Å². The normalized spacial score (nSPS) is 12.1. The average molecular weight is 267 g/mol. The first-order valence-electron chi connectivity index (χ1n) is 5.17. The number of nitrogens with zero attached hydrogens (tertiary/aromatic N) is 1. The summed E-state index contributed by atoms with van der Waals surface area (Å²) >= 11 is 1.29. The molecule has 1 heterocycles. The molecule has 0 spiro atoms. The highest BCUT2D eigenvalue weighted by atomic mass is 32.1. The SMILES string of the molecule is CC(C(=O)O)c1ccc(Oc2nccs2)cc1F. The lowest BCUT2D eigenvalue weighted by Crippen LogP contribution is -2.09. The molecule has 0 radical (unpaired) electrons. The number of aliphatic carboxylic acids is 1. The second-order valence-corrected chi connectivity index (χ2v) is 4.50. The lowest BCUT2D eigenvalue weighted by atomic mass is 10.0. The number of ether oxygens (including phenoxy) is 1. The number of thiazole rings is 1. The number of hydrogen-bond donors (Lipinski definition) is 1. The Morgan fingerprint density at radius 3 is 2.89 bits per heavy atom. The molecule has 0 aliphatic carbocycles. The highest BCUT2D eigenvalue weighted by molar-refractivity contribution is 7.11. The molecular weight excluding hydrogens is 257 g/mol. The Balaban J connectivity index is 2.22. The Labute approximate surface area is 107 Å². The van der Waals surface area contributed by atoms with E-state index in [1.807, 2.05) is 0 Å². The Morgan fingerprint density at radius 1 is 1.56 bits per heavy atom. The van der Waals surface area contributed by atoms with E-state index in [4.69, 9.17) is 9.84 Å². The third-order valence-corrected chi connectivity index (χ3v) is 3.07. The van der Waals surface area contributed by atoms with Crippen LogP contribution in [0.3, 0.4) is 0 Å². The van der Waals surface area contributed by atoms with Gasteiger partial charge in [0.25, 0.3) is 5.19 Å². The first-order valence-corrected chi connectivity index (χ1v) is 6.05. The van der Waals surface area contributed by atoms with Crippen molar-refractivity contribution in [3.05, 3.63) is 41.2 Å². The van der Waals surface area contributed by atoms with Crippen LogP contribution in [0.2, 0.25) is 0 Å². The molecule has 0 saturated heterocycles. The third-order valence-electron chi connectivity index (χ3n) is 2.42. The van der Waals surface area contributed by atoms with Crippen LogP contribution in [0, 0.1) is 5.82 Å². The molecular formula is C12H10FNO3S. The summed E-state index contributed by atoms with van der Waals surface area (Å²) in [5.41, 5.74) is 0.133. The fraction of sp³-hybridized carbons (Fsp3) is 0.167. The number of halogens is 1. The summed E-state index contributed by atoms with van der Waals surface area (Å²) in [6.07, 6.45) is 1.58. The number of aromatic nitrogens is 1. The molecule has 0 aliphatic heterocycles. The van der Waals surface area contributed by atoms with Crippen molar-refractivity contribution in [2.24, 2.45) is 0 Å². The van der Waals surface area contributed by atoms with E-state index in [0.29, 0.717) is 10.9 Å². The zero-order valence-corrected chi connectivity index (χ0v) is 10.3. The van der Waals surface area contributed by atoms with E-state index in [1.165, 1.54) is 30.4 Å². The predicted octanol–water partition coefficient (Wildman–Crippen LogP) is 3.26. The van der Waals surface area contributed by atoms with Gasteiger partial charge in [0, 0.05) is 23.2 Å². The van der Waals surface area contributed by atoms with Crippen molar-refractivity contribution >= 4 is 17.3 Å². The van der Waals surface area contributed by atoms with Crippen LogP contribution in [0.5, 0.6) is 10.9 Å². The molecule has 0 saturated carbocycles. The third kappa shape index (κ3) is 2.65. The zero-order valence-electron chi connectivity index (χ0n) is 9.46. The summed E-state index contributed by atoms with van der Waals surface area (Å²) in [5.74, 6) is -2.26. The van der Waals surface area contributed by atoms with Crippen molar-refractivity contribution in [2.75, 3.05) is 0 Å². The largest absolute Gasteiger partial charge is 0.481 e. The smallest absolute Gasteiger partial charge is 0.310 e. The van der Waals surface area contributed by atoms with E-state index in [1.54, 1.807) is 11.6 Å². The molecule has 0 fully saturated rings. The number of hydrogen-bond acceptors (Lipinski definition) is 4. The summed E-state index contributed by atoms with van der Waals surface area (Å²) in [6, 6.07) is 4.10. The highest BCUT2D eigenvalue weighted by Crippen LogP contribution is 2.27. The minimum atomic E-state index is -1.07. The number of carboxylic acid groups (broad SMARTS) is 1. The van der Waals surface area contributed by atoms with E-state index in [2.05, 4.69) is 4.98 Å². The van der Waals surface area contributed by atoms with Crippen LogP contribution in [0.1, 0.15) is 18.4 Å². The van der Waals surface area contributed by atoms with Crippen molar-refractivity contribution < 1.29 is 19.0 Å². The monoisotopic (exact) mass is 267 g/mol. The topological polar surface area (TPSA) is 59.4 Å². The van der Waals surface area contributed by atoms with Gasteiger partial charge >= 0.3 is 5.97 Å². The predicted molar refractivity (Wildman–Crippen MR) is 64.6 cm³/mol. The molecule has 1 aromatic carbocycles. The van der Waals surface area contributed by atoms with Crippen LogP contribution in [-0.2, 0) is 4.79 Å². The standard InChI is InChI=1S/C12H10FNO3S/c1-7(11(15)16)9-3-2-8(6-10(9)13)17-12-14-4-5-18-12/h2-7H,1H3,(H,15,16). The molecule has 0 aliphatic rings. The number of rotatable bonds is 4. The molecule has 6 heteroatoms. The molecule has 18 heavy (non-hydrogen) atoms. The molecule has 4 nitrogen and oxygen atoms in total. The van der Waals surface area contributed by atoms with Gasteiger partial charge in [-0.05, 0) is 13.0 Å². The summed E-state index contributed by atoms with van der Waals surface area (Å²) < 4.78 is 19.0. The summed E-state index contributed by atoms with van der Waals surface area (Å²) in [6.45, 7) is 1.43. The van der Waals surface area contributed by atoms with Gasteiger partial charge in [-0.2, -0.15) is 0 Å². The molecule has 0 amide bonds. The van der Waals surface area contributed by atoms with Crippen LogP contribution in [0.15, 0.2) is 29.8 Å². The molecule has 94 valence electrons. The lowest BCUT2D eigenvalue weighted by molar-refractivity contribution is -0.138. The maximum atomic E-state index is 13.7. The van der Waals surface area contributed by atoms with E-state index in [-0.39, 0.29) is 5.56 Å². The quantitative estimate of drug-likeness (QED) is 0.923. The van der Waals surface area contributed by atoms with Crippen molar-refractivity contribution in [2.45, 2.75) is 12.8 Å². The van der Waals surface area contributed by atoms with E-state index in [9.17, 15) is 9.18 Å². The van der Waals surface area contributed by atoms with Gasteiger partial charge in [0.05, 0.1) is 5.92 Å². The molecule has 1 unspecified atom stereocenters. The molecule has 2 rings (SSSR count). The Hall–Kier alpha value is -1.95. The number of carboxylic acids is 1. The maximum Gasteiger partial charge on any atom is 0.310 e. The first kappa shape index (κ1) is 12.5. The minimum absolute atomic E-state index is 0.133. The van der Waals surface area contributed by atoms with Crippen molar-refractivity contribution in [3.8, 4) is 10.9 Å². The van der Waals surface area contributed by atoms with Gasteiger partial charge in [0.15, 0.2) is 0 Å². The molecule has 1 atom stereocenters. The second kappa shape index (κ2) is 5.14. The van der Waals surface area contributed by atoms with Crippen molar-refractivity contribution in [1.82, 2.24) is 4.98 Å². The Morgan fingerprint density at radius 2 is 2.33 bits per heavy atom. The van der Waals surface area contributed by atoms with Gasteiger partial charge in [0.2, 0.25) is 0 Å². The van der Waals surface area contributed by atoms with Crippen LogP contribution in [0.4, 0.5) is 4.39 Å². The van der Waals surface area contributed by atoms with Gasteiger partial charge in [-0.3, -0.25) is 4.79 Å². The molecule has 2 aromatic rings. The summed E-state index contributed by atoms with van der Waals surface area (Å²) in [5, 5.41) is 11.0. The van der Waals surface area contributed by atoms with Crippen molar-refractivity contribution in [3.63, 3.8) is 0 Å². The van der Waals surface area contributed by atoms with Gasteiger partial charge in [0.1, 0.15) is 11.6 Å². The van der Waals surface area contributed by atoms with E-state index in [0.717, 1.165) is 6.07 Å². The molecule has 0 bridgehead atoms. The first-order chi connectivity index (χ1) is 8.58. The zero-order chi connectivity index (χ0) is 13.1. The van der Waals surface area contributed by atoms with Gasteiger partial charge in [-0.25, -0.2) is 9.37 Å². The van der Waals surface area contributed by atoms with Crippen LogP contribution in [-0.4, -0.2) is 16.1 Å². The number of carbonyl (C=O) groups is 1. The van der Waals surface area contributed by atoms with Crippen molar-refractivity contribution in [1.29, 1.82) is 0 Å². The lowest BCUT2D eigenvalue weighted by Gasteiger charge is -2.09. The van der Waals surface area contributed by atoms with Gasteiger partial charge in [-0.15, -0.1) is 0 Å². The second-order valence-electron chi connectivity index (χ2n) is 3.64. The Kier molecular flexibility index (Phi) is 3.57. The van der Waals surface area contributed by atoms with Crippen LogP contribution >= 0.6 is 11.3 Å². The van der Waals surface area contributed by atoms with E-state index < -0.39 is 17.7 Å². The van der Waals surface area contributed by atoms with Gasteiger partial charge in [-0.1, -0.05) is 17.4 Å². The summed E-state index contributed by atoms with van der Waals surface area (Å²) in [4.78, 5) is 14.7. The number of benzene rings is 1. The maximum absolute atomic E-state index is 13.7.